The van der Waals surface area contributed by atoms with Crippen molar-refractivity contribution in [2.75, 3.05) is 26.1 Å². The minimum absolute atomic E-state index is 0.0290. The smallest absolute Gasteiger partial charge is 0.259 e. The van der Waals surface area contributed by atoms with Crippen molar-refractivity contribution < 1.29 is 19.4 Å². The predicted octanol–water partition coefficient (Wildman–Crippen LogP) is 2.36. The fourth-order valence-corrected chi connectivity index (χ4v) is 2.14. The Morgan fingerprint density at radius 1 is 1.16 bits per heavy atom. The number of hydrazone groups is 1. The van der Waals surface area contributed by atoms with Gasteiger partial charge in [-0.1, -0.05) is 12.1 Å². The molecule has 0 unspecified atom stereocenters. The zero-order valence-corrected chi connectivity index (χ0v) is 14.4. The van der Waals surface area contributed by atoms with Crippen LogP contribution < -0.4 is 20.2 Å². The van der Waals surface area contributed by atoms with Gasteiger partial charge in [-0.2, -0.15) is 5.10 Å². The Morgan fingerprint density at radius 2 is 1.92 bits per heavy atom. The van der Waals surface area contributed by atoms with Crippen molar-refractivity contribution >= 4 is 17.3 Å². The van der Waals surface area contributed by atoms with Gasteiger partial charge in [-0.3, -0.25) is 4.79 Å². The molecule has 0 atom stereocenters. The maximum Gasteiger partial charge on any atom is 0.259 e. The molecule has 1 amide bonds. The summed E-state index contributed by atoms with van der Waals surface area (Å²) >= 11 is 0. The van der Waals surface area contributed by atoms with Crippen molar-refractivity contribution in [1.29, 1.82) is 0 Å². The van der Waals surface area contributed by atoms with Gasteiger partial charge in [0.2, 0.25) is 0 Å². The van der Waals surface area contributed by atoms with Crippen molar-refractivity contribution in [3.63, 3.8) is 0 Å². The summed E-state index contributed by atoms with van der Waals surface area (Å²) in [6.45, 7) is 1.71. The third-order valence-electron chi connectivity index (χ3n) is 3.49. The zero-order chi connectivity index (χ0) is 18.2. The highest BCUT2D eigenvalue weighted by atomic mass is 16.5. The summed E-state index contributed by atoms with van der Waals surface area (Å²) in [6, 6.07) is 12.1. The van der Waals surface area contributed by atoms with Crippen molar-refractivity contribution in [3.05, 3.63) is 48.0 Å². The highest BCUT2D eigenvalue weighted by Gasteiger charge is 2.08. The molecule has 7 nitrogen and oxygen atoms in total. The van der Waals surface area contributed by atoms with Crippen LogP contribution in [-0.4, -0.2) is 37.5 Å². The first-order chi connectivity index (χ1) is 12.0. The molecular weight excluding hydrogens is 322 g/mol. The summed E-state index contributed by atoms with van der Waals surface area (Å²) in [6.07, 6.45) is 0. The second kappa shape index (κ2) is 8.58. The number of rotatable bonds is 7. The van der Waals surface area contributed by atoms with E-state index in [0.29, 0.717) is 28.5 Å². The predicted molar refractivity (Wildman–Crippen MR) is 96.5 cm³/mol. The van der Waals surface area contributed by atoms with Crippen molar-refractivity contribution in [3.8, 4) is 17.2 Å². The van der Waals surface area contributed by atoms with Crippen molar-refractivity contribution in [1.82, 2.24) is 5.43 Å². The molecular formula is C18H21N3O4. The van der Waals surface area contributed by atoms with E-state index in [9.17, 15) is 9.90 Å². The molecule has 0 bridgehead atoms. The maximum absolute atomic E-state index is 12.0. The largest absolute Gasteiger partial charge is 0.507 e. The number of hydrogen-bond donors (Lipinski definition) is 3. The summed E-state index contributed by atoms with van der Waals surface area (Å²) in [4.78, 5) is 12.0. The van der Waals surface area contributed by atoms with Gasteiger partial charge in [-0.05, 0) is 37.3 Å². The highest BCUT2D eigenvalue weighted by Crippen LogP contribution is 2.24. The first-order valence-electron chi connectivity index (χ1n) is 7.62. The third-order valence-corrected chi connectivity index (χ3v) is 3.49. The molecule has 2 aromatic rings. The number of carbonyl (C=O) groups excluding carboxylic acids is 1. The van der Waals surface area contributed by atoms with Crippen LogP contribution >= 0.6 is 0 Å². The van der Waals surface area contributed by atoms with E-state index in [1.807, 2.05) is 18.2 Å². The number of amides is 1. The first-order valence-corrected chi connectivity index (χ1v) is 7.62. The van der Waals surface area contributed by atoms with Gasteiger partial charge in [-0.15, -0.1) is 0 Å². The van der Waals surface area contributed by atoms with Gasteiger partial charge in [0.25, 0.3) is 5.91 Å². The molecule has 0 aliphatic heterocycles. The second-order valence-electron chi connectivity index (χ2n) is 5.17. The molecule has 2 rings (SSSR count). The van der Waals surface area contributed by atoms with Gasteiger partial charge in [0, 0.05) is 5.56 Å². The van der Waals surface area contributed by atoms with E-state index in [1.54, 1.807) is 32.2 Å². The minimum Gasteiger partial charge on any atom is -0.507 e. The number of carbonyl (C=O) groups is 1. The van der Waals surface area contributed by atoms with Gasteiger partial charge in [0.05, 0.1) is 32.2 Å². The normalized spacial score (nSPS) is 10.9. The van der Waals surface area contributed by atoms with Crippen LogP contribution in [0.15, 0.2) is 47.6 Å². The van der Waals surface area contributed by atoms with Crippen LogP contribution in [0.3, 0.4) is 0 Å². The molecule has 2 aromatic carbocycles. The highest BCUT2D eigenvalue weighted by molar-refractivity contribution is 6.01. The summed E-state index contributed by atoms with van der Waals surface area (Å²) in [5.41, 5.74) is 4.11. The molecule has 0 saturated heterocycles. The number of hydrogen-bond acceptors (Lipinski definition) is 6. The second-order valence-corrected chi connectivity index (χ2v) is 5.17. The molecule has 0 spiro atoms. The Labute approximate surface area is 146 Å². The molecule has 7 heteroatoms. The zero-order valence-electron chi connectivity index (χ0n) is 14.4. The van der Waals surface area contributed by atoms with E-state index in [4.69, 9.17) is 9.47 Å². The van der Waals surface area contributed by atoms with Crippen LogP contribution in [0.25, 0.3) is 0 Å². The topological polar surface area (TPSA) is 92.2 Å². The Balaban J connectivity index is 1.97. The number of methoxy groups -OCH3 is 2. The van der Waals surface area contributed by atoms with Crippen LogP contribution in [0, 0.1) is 0 Å². The van der Waals surface area contributed by atoms with E-state index in [1.165, 1.54) is 13.2 Å². The van der Waals surface area contributed by atoms with E-state index in [2.05, 4.69) is 15.8 Å². The van der Waals surface area contributed by atoms with Gasteiger partial charge in [-0.25, -0.2) is 5.43 Å². The fourth-order valence-electron chi connectivity index (χ4n) is 2.14. The summed E-state index contributed by atoms with van der Waals surface area (Å²) in [5, 5.41) is 16.9. The molecule has 0 saturated carbocycles. The van der Waals surface area contributed by atoms with Crippen molar-refractivity contribution in [2.24, 2.45) is 5.10 Å². The van der Waals surface area contributed by atoms with Crippen LogP contribution in [-0.2, 0) is 4.79 Å². The van der Waals surface area contributed by atoms with Gasteiger partial charge in [0.15, 0.2) is 0 Å². The number of phenolic OH excluding ortho intramolecular Hbond substituents is 1. The molecule has 0 heterocycles. The summed E-state index contributed by atoms with van der Waals surface area (Å²) < 4.78 is 10.3. The van der Waals surface area contributed by atoms with E-state index in [-0.39, 0.29) is 18.2 Å². The monoisotopic (exact) mass is 343 g/mol. The lowest BCUT2D eigenvalue weighted by Crippen LogP contribution is -2.26. The Bertz CT molecular complexity index is 775. The summed E-state index contributed by atoms with van der Waals surface area (Å²) in [7, 11) is 3.10. The number of para-hydroxylation sites is 2. The molecule has 0 aromatic heterocycles. The number of benzene rings is 2. The minimum atomic E-state index is -0.326. The number of phenols is 1. The number of nitrogens with one attached hydrogen (secondary N) is 2. The Kier molecular flexibility index (Phi) is 6.22. The van der Waals surface area contributed by atoms with E-state index >= 15 is 0 Å². The Hall–Kier alpha value is -3.22. The lowest BCUT2D eigenvalue weighted by molar-refractivity contribution is -0.119. The van der Waals surface area contributed by atoms with E-state index in [0.717, 1.165) is 0 Å². The lowest BCUT2D eigenvalue weighted by atomic mass is 10.1. The number of ether oxygens (including phenoxy) is 2. The first kappa shape index (κ1) is 18.1. The SMILES string of the molecule is COc1ccc(O)c(/C(C)=N/NC(=O)CNc2ccccc2OC)c1. The maximum atomic E-state index is 12.0. The van der Waals surface area contributed by atoms with Crippen LogP contribution in [0.4, 0.5) is 5.69 Å². The standard InChI is InChI=1S/C18H21N3O4/c1-12(14-10-13(24-2)8-9-16(14)22)20-21-18(23)11-19-15-6-4-5-7-17(15)25-3/h4-10,19,22H,11H2,1-3H3,(H,21,23)/b20-12+. The average molecular weight is 343 g/mol. The fraction of sp³-hybridized carbons (Fsp3) is 0.222. The van der Waals surface area contributed by atoms with E-state index < -0.39 is 0 Å². The lowest BCUT2D eigenvalue weighted by Gasteiger charge is -2.10. The molecule has 132 valence electrons. The third kappa shape index (κ3) is 4.87. The average Bonchev–Trinajstić information content (AvgIpc) is 2.65. The number of aromatic hydroxyl groups is 1. The van der Waals surface area contributed by atoms with Crippen LogP contribution in [0.1, 0.15) is 12.5 Å². The number of anilines is 1. The molecule has 0 fully saturated rings. The molecule has 0 radical (unpaired) electrons. The molecule has 0 aliphatic carbocycles. The quantitative estimate of drug-likeness (QED) is 0.530. The number of nitrogens with zero attached hydrogens (tertiary/aromatic N) is 1. The van der Waals surface area contributed by atoms with Crippen LogP contribution in [0.2, 0.25) is 0 Å². The van der Waals surface area contributed by atoms with Crippen LogP contribution in [0.5, 0.6) is 17.2 Å². The molecule has 0 aliphatic rings. The molecule has 25 heavy (non-hydrogen) atoms. The van der Waals surface area contributed by atoms with Gasteiger partial charge < -0.3 is 19.9 Å². The van der Waals surface area contributed by atoms with Gasteiger partial charge >= 0.3 is 0 Å². The van der Waals surface area contributed by atoms with Crippen molar-refractivity contribution in [2.45, 2.75) is 6.92 Å². The summed E-state index contributed by atoms with van der Waals surface area (Å²) in [5.74, 6) is 0.971. The molecule has 3 N–H and O–H groups in total. The Morgan fingerprint density at radius 3 is 2.64 bits per heavy atom. The van der Waals surface area contributed by atoms with Gasteiger partial charge in [0.1, 0.15) is 17.2 Å².